The number of hydrogen-bond donors (Lipinski definition) is 1. The van der Waals surface area contributed by atoms with Crippen LogP contribution in [0.5, 0.6) is 0 Å². The maximum atomic E-state index is 13.7. The number of nitrogens with one attached hydrogen (secondary N) is 1. The third-order valence-corrected chi connectivity index (χ3v) is 3.35. The number of halogens is 2. The van der Waals surface area contributed by atoms with Gasteiger partial charge < -0.3 is 5.32 Å². The molecule has 1 aliphatic carbocycles. The predicted octanol–water partition coefficient (Wildman–Crippen LogP) is 3.81. The summed E-state index contributed by atoms with van der Waals surface area (Å²) in [6.45, 7) is 2.80. The van der Waals surface area contributed by atoms with Gasteiger partial charge >= 0.3 is 0 Å². The molecule has 0 amide bonds. The fraction of sp³-hybridized carbons (Fsp3) is 0.571. The lowest BCUT2D eigenvalue weighted by molar-refractivity contribution is 0.457. The van der Waals surface area contributed by atoms with Crippen LogP contribution in [0.4, 0.5) is 8.78 Å². The minimum absolute atomic E-state index is 0.0150. The maximum Gasteiger partial charge on any atom is 0.130 e. The van der Waals surface area contributed by atoms with Crippen LogP contribution < -0.4 is 5.32 Å². The SMILES string of the molecule is CCNC(CCC1CC1)c1ccc(F)cc1F. The van der Waals surface area contributed by atoms with Gasteiger partial charge in [0.15, 0.2) is 0 Å². The Labute approximate surface area is 101 Å². The van der Waals surface area contributed by atoms with E-state index in [9.17, 15) is 8.78 Å². The lowest BCUT2D eigenvalue weighted by Gasteiger charge is -2.19. The number of rotatable bonds is 6. The fourth-order valence-electron chi connectivity index (χ4n) is 2.21. The van der Waals surface area contributed by atoms with Gasteiger partial charge in [-0.2, -0.15) is 0 Å². The van der Waals surface area contributed by atoms with Gasteiger partial charge in [0.2, 0.25) is 0 Å². The highest BCUT2D eigenvalue weighted by atomic mass is 19.1. The van der Waals surface area contributed by atoms with E-state index in [0.29, 0.717) is 5.56 Å². The molecule has 0 radical (unpaired) electrons. The summed E-state index contributed by atoms with van der Waals surface area (Å²) in [6, 6.07) is 3.88. The molecule has 1 nitrogen and oxygen atoms in total. The molecular weight excluding hydrogens is 220 g/mol. The Kier molecular flexibility index (Phi) is 4.11. The van der Waals surface area contributed by atoms with E-state index in [2.05, 4.69) is 5.32 Å². The fourth-order valence-corrected chi connectivity index (χ4v) is 2.21. The third-order valence-electron chi connectivity index (χ3n) is 3.35. The zero-order valence-electron chi connectivity index (χ0n) is 10.2. The topological polar surface area (TPSA) is 12.0 Å². The summed E-state index contributed by atoms with van der Waals surface area (Å²) in [5.41, 5.74) is 0.592. The Hall–Kier alpha value is -0.960. The van der Waals surface area contributed by atoms with Crippen molar-refractivity contribution in [3.8, 4) is 0 Å². The summed E-state index contributed by atoms with van der Waals surface area (Å²) >= 11 is 0. The van der Waals surface area contributed by atoms with Crippen molar-refractivity contribution >= 4 is 0 Å². The Bertz CT molecular complexity index is 374. The van der Waals surface area contributed by atoms with Crippen molar-refractivity contribution in [2.75, 3.05) is 6.54 Å². The van der Waals surface area contributed by atoms with Gasteiger partial charge in [0.1, 0.15) is 11.6 Å². The monoisotopic (exact) mass is 239 g/mol. The van der Waals surface area contributed by atoms with Crippen molar-refractivity contribution < 1.29 is 8.78 Å². The normalized spacial score (nSPS) is 17.1. The molecule has 0 bridgehead atoms. The second-order valence-electron chi connectivity index (χ2n) is 4.80. The summed E-state index contributed by atoms with van der Waals surface area (Å²) in [5.74, 6) is -0.116. The summed E-state index contributed by atoms with van der Waals surface area (Å²) in [5, 5.41) is 3.28. The van der Waals surface area contributed by atoms with Gasteiger partial charge in [-0.3, -0.25) is 0 Å². The molecule has 3 heteroatoms. The van der Waals surface area contributed by atoms with Crippen LogP contribution in [0.2, 0.25) is 0 Å². The van der Waals surface area contributed by atoms with Crippen LogP contribution in [0, 0.1) is 17.6 Å². The molecule has 1 fully saturated rings. The molecule has 0 heterocycles. The number of hydrogen-bond acceptors (Lipinski definition) is 1. The average Bonchev–Trinajstić information content (AvgIpc) is 3.09. The first-order valence-corrected chi connectivity index (χ1v) is 6.39. The molecule has 1 aromatic carbocycles. The quantitative estimate of drug-likeness (QED) is 0.796. The Morgan fingerprint density at radius 3 is 2.71 bits per heavy atom. The highest BCUT2D eigenvalue weighted by Gasteiger charge is 2.23. The standard InChI is InChI=1S/C14H19F2N/c1-2-17-14(8-5-10-3-4-10)12-7-6-11(15)9-13(12)16/h6-7,9-10,14,17H,2-5,8H2,1H3. The van der Waals surface area contributed by atoms with E-state index >= 15 is 0 Å². The molecule has 1 aliphatic rings. The first-order chi connectivity index (χ1) is 8.20. The summed E-state index contributed by atoms with van der Waals surface area (Å²) in [6.07, 6.45) is 4.69. The minimum Gasteiger partial charge on any atom is -0.310 e. The van der Waals surface area contributed by atoms with E-state index in [-0.39, 0.29) is 6.04 Å². The van der Waals surface area contributed by atoms with Crippen molar-refractivity contribution in [2.45, 2.75) is 38.6 Å². The van der Waals surface area contributed by atoms with Crippen molar-refractivity contribution in [1.29, 1.82) is 0 Å². The van der Waals surface area contributed by atoms with Gasteiger partial charge in [-0.25, -0.2) is 8.78 Å². The summed E-state index contributed by atoms with van der Waals surface area (Å²) in [7, 11) is 0. The van der Waals surface area contributed by atoms with Crippen LogP contribution >= 0.6 is 0 Å². The van der Waals surface area contributed by atoms with Gasteiger partial charge in [0.05, 0.1) is 0 Å². The van der Waals surface area contributed by atoms with Gasteiger partial charge in [0.25, 0.3) is 0 Å². The third kappa shape index (κ3) is 3.50. The highest BCUT2D eigenvalue weighted by molar-refractivity contribution is 5.22. The van der Waals surface area contributed by atoms with Crippen LogP contribution in [-0.2, 0) is 0 Å². The lowest BCUT2D eigenvalue weighted by atomic mass is 10.00. The largest absolute Gasteiger partial charge is 0.310 e. The van der Waals surface area contributed by atoms with Gasteiger partial charge in [-0.15, -0.1) is 0 Å². The molecule has 17 heavy (non-hydrogen) atoms. The maximum absolute atomic E-state index is 13.7. The molecule has 1 aromatic rings. The molecule has 94 valence electrons. The molecule has 0 aliphatic heterocycles. The Morgan fingerprint density at radius 2 is 2.12 bits per heavy atom. The van der Waals surface area contributed by atoms with Crippen LogP contribution in [0.25, 0.3) is 0 Å². The average molecular weight is 239 g/mol. The van der Waals surface area contributed by atoms with E-state index in [0.717, 1.165) is 31.4 Å². The Morgan fingerprint density at radius 1 is 1.35 bits per heavy atom. The second-order valence-corrected chi connectivity index (χ2v) is 4.80. The summed E-state index contributed by atoms with van der Waals surface area (Å²) in [4.78, 5) is 0. The smallest absolute Gasteiger partial charge is 0.130 e. The summed E-state index contributed by atoms with van der Waals surface area (Å²) < 4.78 is 26.5. The van der Waals surface area contributed by atoms with Gasteiger partial charge in [0, 0.05) is 17.7 Å². The molecule has 1 N–H and O–H groups in total. The van der Waals surface area contributed by atoms with E-state index in [4.69, 9.17) is 0 Å². The zero-order chi connectivity index (χ0) is 12.3. The second kappa shape index (κ2) is 5.58. The molecule has 1 saturated carbocycles. The zero-order valence-corrected chi connectivity index (χ0v) is 10.2. The van der Waals surface area contributed by atoms with Crippen molar-refractivity contribution in [3.63, 3.8) is 0 Å². The van der Waals surface area contributed by atoms with Crippen LogP contribution in [0.3, 0.4) is 0 Å². The van der Waals surface area contributed by atoms with E-state index < -0.39 is 11.6 Å². The number of benzene rings is 1. The lowest BCUT2D eigenvalue weighted by Crippen LogP contribution is -2.22. The molecule has 1 atom stereocenters. The van der Waals surface area contributed by atoms with Crippen LogP contribution in [0.1, 0.15) is 44.2 Å². The van der Waals surface area contributed by atoms with Crippen molar-refractivity contribution in [3.05, 3.63) is 35.4 Å². The van der Waals surface area contributed by atoms with Gasteiger partial charge in [-0.1, -0.05) is 25.8 Å². The van der Waals surface area contributed by atoms with Gasteiger partial charge in [-0.05, 0) is 31.4 Å². The molecule has 2 rings (SSSR count). The molecule has 0 aromatic heterocycles. The Balaban J connectivity index is 2.06. The van der Waals surface area contributed by atoms with Crippen LogP contribution in [-0.4, -0.2) is 6.54 Å². The molecule has 1 unspecified atom stereocenters. The first kappa shape index (κ1) is 12.5. The molecule has 0 spiro atoms. The van der Waals surface area contributed by atoms with E-state index in [1.165, 1.54) is 18.9 Å². The highest BCUT2D eigenvalue weighted by Crippen LogP contribution is 2.36. The predicted molar refractivity (Wildman–Crippen MR) is 64.7 cm³/mol. The minimum atomic E-state index is -0.510. The van der Waals surface area contributed by atoms with Crippen molar-refractivity contribution in [2.24, 2.45) is 5.92 Å². The molecular formula is C14H19F2N. The van der Waals surface area contributed by atoms with E-state index in [1.54, 1.807) is 6.07 Å². The first-order valence-electron chi connectivity index (χ1n) is 6.39. The molecule has 0 saturated heterocycles. The van der Waals surface area contributed by atoms with E-state index in [1.807, 2.05) is 6.92 Å². The van der Waals surface area contributed by atoms with Crippen LogP contribution in [0.15, 0.2) is 18.2 Å². The van der Waals surface area contributed by atoms with Crippen molar-refractivity contribution in [1.82, 2.24) is 5.32 Å².